The van der Waals surface area contributed by atoms with E-state index in [1.807, 2.05) is 30.6 Å². The molecule has 2 aromatic heterocycles. The molecule has 0 amide bonds. The number of nitrogens with one attached hydrogen (secondary N) is 2. The van der Waals surface area contributed by atoms with E-state index in [0.29, 0.717) is 5.69 Å². The summed E-state index contributed by atoms with van der Waals surface area (Å²) in [6.07, 6.45) is 6.71. The lowest BCUT2D eigenvalue weighted by Gasteiger charge is -2.08. The van der Waals surface area contributed by atoms with Crippen molar-refractivity contribution in [3.8, 4) is 22.3 Å². The van der Waals surface area contributed by atoms with Crippen LogP contribution >= 0.6 is 0 Å². The van der Waals surface area contributed by atoms with E-state index < -0.39 is 10.0 Å². The molecule has 0 spiro atoms. The van der Waals surface area contributed by atoms with Crippen LogP contribution in [0.3, 0.4) is 0 Å². The Labute approximate surface area is 151 Å². The largest absolute Gasteiger partial charge is 0.361 e. The molecule has 0 bridgehead atoms. The van der Waals surface area contributed by atoms with Crippen molar-refractivity contribution in [3.05, 3.63) is 73.2 Å². The zero-order chi connectivity index (χ0) is 18.1. The van der Waals surface area contributed by atoms with E-state index in [9.17, 15) is 8.42 Å². The van der Waals surface area contributed by atoms with Crippen molar-refractivity contribution < 1.29 is 8.42 Å². The molecule has 0 aliphatic carbocycles. The number of anilines is 1. The summed E-state index contributed by atoms with van der Waals surface area (Å²) in [5, 5.41) is 1.16. The summed E-state index contributed by atoms with van der Waals surface area (Å²) < 4.78 is 25.1. The third kappa shape index (κ3) is 3.45. The highest BCUT2D eigenvalue weighted by atomic mass is 32.2. The first-order chi connectivity index (χ1) is 12.5. The lowest BCUT2D eigenvalue weighted by Crippen LogP contribution is -2.09. The van der Waals surface area contributed by atoms with E-state index in [-0.39, 0.29) is 0 Å². The molecule has 0 saturated heterocycles. The highest BCUT2D eigenvalue weighted by molar-refractivity contribution is 7.92. The molecule has 2 N–H and O–H groups in total. The molecule has 0 aliphatic heterocycles. The van der Waals surface area contributed by atoms with Gasteiger partial charge in [0.1, 0.15) is 0 Å². The van der Waals surface area contributed by atoms with Crippen molar-refractivity contribution in [1.29, 1.82) is 0 Å². The zero-order valence-electron chi connectivity index (χ0n) is 14.1. The molecule has 0 aliphatic rings. The van der Waals surface area contributed by atoms with E-state index in [1.165, 1.54) is 0 Å². The quantitative estimate of drug-likeness (QED) is 0.569. The summed E-state index contributed by atoms with van der Waals surface area (Å²) in [6.45, 7) is 0. The third-order valence-corrected chi connectivity index (χ3v) is 4.75. The number of aromatic amines is 1. The molecule has 26 heavy (non-hydrogen) atoms. The van der Waals surface area contributed by atoms with E-state index in [0.717, 1.165) is 39.4 Å². The number of benzene rings is 2. The molecular weight excluding hydrogens is 346 g/mol. The fraction of sp³-hybridized carbons (Fsp3) is 0.0500. The number of H-pyrrole nitrogens is 1. The lowest BCUT2D eigenvalue weighted by atomic mass is 10.0. The molecule has 6 heteroatoms. The standard InChI is InChI=1S/C20H17N3O2S/c1-26(24,25)23-19-5-2-14(3-6-19)17-11-18(13-21-12-17)15-4-7-20-16(10-15)8-9-22-20/h2-13,22-23H,1H3. The Morgan fingerprint density at radius 2 is 1.54 bits per heavy atom. The maximum atomic E-state index is 11.3. The first-order valence-corrected chi connectivity index (χ1v) is 9.98. The van der Waals surface area contributed by atoms with Crippen LogP contribution in [-0.2, 0) is 10.0 Å². The molecule has 2 aromatic carbocycles. The van der Waals surface area contributed by atoms with Crippen molar-refractivity contribution in [2.75, 3.05) is 11.0 Å². The van der Waals surface area contributed by atoms with Crippen LogP contribution in [0.25, 0.3) is 33.2 Å². The lowest BCUT2D eigenvalue weighted by molar-refractivity contribution is 0.607. The number of fused-ring (bicyclic) bond motifs is 1. The molecule has 0 fully saturated rings. The molecule has 0 radical (unpaired) electrons. The van der Waals surface area contributed by atoms with Crippen LogP contribution in [-0.4, -0.2) is 24.6 Å². The van der Waals surface area contributed by atoms with Crippen molar-refractivity contribution in [3.63, 3.8) is 0 Å². The van der Waals surface area contributed by atoms with E-state index >= 15 is 0 Å². The van der Waals surface area contributed by atoms with Gasteiger partial charge in [-0.2, -0.15) is 0 Å². The second kappa shape index (κ2) is 6.31. The van der Waals surface area contributed by atoms with Gasteiger partial charge in [0.05, 0.1) is 6.26 Å². The highest BCUT2D eigenvalue weighted by Crippen LogP contribution is 2.28. The van der Waals surface area contributed by atoms with Gasteiger partial charge in [-0.15, -0.1) is 0 Å². The zero-order valence-corrected chi connectivity index (χ0v) is 14.9. The van der Waals surface area contributed by atoms with Gasteiger partial charge in [-0.25, -0.2) is 8.42 Å². The topological polar surface area (TPSA) is 74.8 Å². The van der Waals surface area contributed by atoms with Crippen LogP contribution in [0.1, 0.15) is 0 Å². The summed E-state index contributed by atoms with van der Waals surface area (Å²) >= 11 is 0. The summed E-state index contributed by atoms with van der Waals surface area (Å²) in [7, 11) is -3.28. The van der Waals surface area contributed by atoms with Gasteiger partial charge in [-0.3, -0.25) is 9.71 Å². The molecule has 0 unspecified atom stereocenters. The maximum absolute atomic E-state index is 11.3. The van der Waals surface area contributed by atoms with Crippen LogP contribution in [0.4, 0.5) is 5.69 Å². The fourth-order valence-corrected chi connectivity index (χ4v) is 3.50. The summed E-state index contributed by atoms with van der Waals surface area (Å²) in [6, 6.07) is 17.6. The molecule has 4 rings (SSSR count). The molecule has 0 saturated carbocycles. The number of sulfonamides is 1. The molecule has 0 atom stereocenters. The van der Waals surface area contributed by atoms with Crippen LogP contribution < -0.4 is 4.72 Å². The number of hydrogen-bond donors (Lipinski definition) is 2. The predicted molar refractivity (Wildman–Crippen MR) is 105 cm³/mol. The van der Waals surface area contributed by atoms with Crippen LogP contribution in [0.15, 0.2) is 73.2 Å². The monoisotopic (exact) mass is 363 g/mol. The average molecular weight is 363 g/mol. The normalized spacial score (nSPS) is 11.6. The van der Waals surface area contributed by atoms with Gasteiger partial charge in [0, 0.05) is 40.9 Å². The highest BCUT2D eigenvalue weighted by Gasteiger charge is 2.06. The Balaban J connectivity index is 1.67. The second-order valence-electron chi connectivity index (χ2n) is 6.19. The number of aromatic nitrogens is 2. The van der Waals surface area contributed by atoms with E-state index in [4.69, 9.17) is 0 Å². The number of pyridine rings is 1. The van der Waals surface area contributed by atoms with Gasteiger partial charge in [-0.1, -0.05) is 18.2 Å². The Kier molecular flexibility index (Phi) is 3.97. The minimum atomic E-state index is -3.28. The van der Waals surface area contributed by atoms with Crippen molar-refractivity contribution in [2.24, 2.45) is 0 Å². The first-order valence-electron chi connectivity index (χ1n) is 8.09. The Morgan fingerprint density at radius 3 is 2.27 bits per heavy atom. The number of rotatable bonds is 4. The Morgan fingerprint density at radius 1 is 0.846 bits per heavy atom. The van der Waals surface area contributed by atoms with E-state index in [2.05, 4.69) is 39.0 Å². The number of nitrogens with zero attached hydrogens (tertiary/aromatic N) is 1. The number of hydrogen-bond acceptors (Lipinski definition) is 3. The SMILES string of the molecule is CS(=O)(=O)Nc1ccc(-c2cncc(-c3ccc4[nH]ccc4c3)c2)cc1. The van der Waals surface area contributed by atoms with Gasteiger partial charge in [-0.05, 0) is 52.9 Å². The van der Waals surface area contributed by atoms with Gasteiger partial charge in [0.15, 0.2) is 0 Å². The fourth-order valence-electron chi connectivity index (χ4n) is 2.93. The van der Waals surface area contributed by atoms with Crippen LogP contribution in [0, 0.1) is 0 Å². The minimum absolute atomic E-state index is 0.540. The first kappa shape index (κ1) is 16.4. The predicted octanol–water partition coefficient (Wildman–Crippen LogP) is 4.27. The molecular formula is C20H17N3O2S. The van der Waals surface area contributed by atoms with Gasteiger partial charge in [0.2, 0.25) is 10.0 Å². The summed E-state index contributed by atoms with van der Waals surface area (Å²) in [5.41, 5.74) is 5.72. The molecule has 2 heterocycles. The second-order valence-corrected chi connectivity index (χ2v) is 7.94. The van der Waals surface area contributed by atoms with Crippen LogP contribution in [0.5, 0.6) is 0 Å². The maximum Gasteiger partial charge on any atom is 0.229 e. The van der Waals surface area contributed by atoms with Gasteiger partial charge in [0.25, 0.3) is 0 Å². The average Bonchev–Trinajstić information content (AvgIpc) is 3.09. The van der Waals surface area contributed by atoms with Gasteiger partial charge < -0.3 is 4.98 Å². The van der Waals surface area contributed by atoms with Crippen molar-refractivity contribution in [1.82, 2.24) is 9.97 Å². The minimum Gasteiger partial charge on any atom is -0.361 e. The smallest absolute Gasteiger partial charge is 0.229 e. The third-order valence-electron chi connectivity index (χ3n) is 4.15. The molecule has 130 valence electrons. The summed E-state index contributed by atoms with van der Waals surface area (Å²) in [4.78, 5) is 7.56. The van der Waals surface area contributed by atoms with Crippen LogP contribution in [0.2, 0.25) is 0 Å². The Hall–Kier alpha value is -3.12. The van der Waals surface area contributed by atoms with E-state index in [1.54, 1.807) is 18.3 Å². The van der Waals surface area contributed by atoms with Gasteiger partial charge >= 0.3 is 0 Å². The molecule has 4 aromatic rings. The van der Waals surface area contributed by atoms with Crippen molar-refractivity contribution >= 4 is 26.6 Å². The van der Waals surface area contributed by atoms with Crippen molar-refractivity contribution in [2.45, 2.75) is 0 Å². The molecule has 5 nitrogen and oxygen atoms in total. The Bertz CT molecular complexity index is 1180. The summed E-state index contributed by atoms with van der Waals surface area (Å²) in [5.74, 6) is 0.